The third kappa shape index (κ3) is 5.88. The van der Waals surface area contributed by atoms with E-state index in [-0.39, 0.29) is 23.1 Å². The number of esters is 1. The molecule has 2 rings (SSSR count). The number of rotatable bonds is 6. The molecule has 0 saturated heterocycles. The van der Waals surface area contributed by atoms with E-state index < -0.39 is 5.97 Å². The number of hydrogen-bond donors (Lipinski definition) is 1. The average Bonchev–Trinajstić information content (AvgIpc) is 2.56. The second kappa shape index (κ2) is 8.94. The average molecular weight is 356 g/mol. The Morgan fingerprint density at radius 3 is 2.70 bits per heavy atom. The van der Waals surface area contributed by atoms with E-state index in [0.29, 0.717) is 11.6 Å². The van der Waals surface area contributed by atoms with E-state index in [1.165, 1.54) is 36.6 Å². The quantitative estimate of drug-likeness (QED) is 0.615. The Morgan fingerprint density at radius 1 is 1.17 bits per heavy atom. The molecule has 124 valence electrons. The van der Waals surface area contributed by atoms with Crippen molar-refractivity contribution in [3.8, 4) is 0 Å². The molecule has 4 nitrogen and oxygen atoms in total. The summed E-state index contributed by atoms with van der Waals surface area (Å²) in [6, 6.07) is 4.43. The van der Waals surface area contributed by atoms with Crippen LogP contribution in [-0.4, -0.2) is 25.0 Å². The van der Waals surface area contributed by atoms with Crippen molar-refractivity contribution in [3.05, 3.63) is 45.5 Å². The van der Waals surface area contributed by atoms with Gasteiger partial charge >= 0.3 is 5.97 Å². The predicted molar refractivity (Wildman–Crippen MR) is 90.9 cm³/mol. The van der Waals surface area contributed by atoms with Crippen molar-refractivity contribution in [2.24, 2.45) is 0 Å². The van der Waals surface area contributed by atoms with Crippen LogP contribution < -0.4 is 5.32 Å². The Kier molecular flexibility index (Phi) is 6.93. The van der Waals surface area contributed by atoms with Crippen LogP contribution in [0.4, 0.5) is 0 Å². The molecule has 1 aliphatic rings. The second-order valence-electron chi connectivity index (χ2n) is 5.41. The van der Waals surface area contributed by atoms with Gasteiger partial charge in [0.25, 0.3) is 5.91 Å². The highest BCUT2D eigenvalue weighted by molar-refractivity contribution is 6.42. The lowest BCUT2D eigenvalue weighted by Crippen LogP contribution is -2.29. The molecule has 0 atom stereocenters. The minimum absolute atomic E-state index is 0.263. The smallest absolute Gasteiger partial charge is 0.338 e. The van der Waals surface area contributed by atoms with E-state index in [2.05, 4.69) is 11.4 Å². The number of nitrogens with one attached hydrogen (secondary N) is 1. The summed E-state index contributed by atoms with van der Waals surface area (Å²) in [6.07, 6.45) is 7.82. The second-order valence-corrected chi connectivity index (χ2v) is 6.23. The Labute approximate surface area is 145 Å². The van der Waals surface area contributed by atoms with Crippen molar-refractivity contribution in [2.45, 2.75) is 32.1 Å². The lowest BCUT2D eigenvalue weighted by Gasteiger charge is -2.13. The number of ether oxygens (including phenoxy) is 1. The molecule has 6 heteroatoms. The number of benzene rings is 1. The first-order valence-corrected chi connectivity index (χ1v) is 8.38. The van der Waals surface area contributed by atoms with Gasteiger partial charge in [-0.05, 0) is 50.3 Å². The molecule has 0 fully saturated rings. The highest BCUT2D eigenvalue weighted by Gasteiger charge is 2.12. The summed E-state index contributed by atoms with van der Waals surface area (Å²) in [5.41, 5.74) is 1.66. The van der Waals surface area contributed by atoms with Crippen LogP contribution in [0.1, 0.15) is 42.5 Å². The summed E-state index contributed by atoms with van der Waals surface area (Å²) in [6.45, 7) is 0.257. The molecule has 0 bridgehead atoms. The minimum Gasteiger partial charge on any atom is -0.452 e. The van der Waals surface area contributed by atoms with E-state index in [0.717, 1.165) is 19.3 Å². The van der Waals surface area contributed by atoms with Crippen molar-refractivity contribution in [1.82, 2.24) is 5.32 Å². The van der Waals surface area contributed by atoms with Gasteiger partial charge in [-0.1, -0.05) is 34.9 Å². The van der Waals surface area contributed by atoms with Crippen LogP contribution in [0, 0.1) is 0 Å². The first-order valence-electron chi connectivity index (χ1n) is 7.63. The molecule has 0 aliphatic heterocycles. The van der Waals surface area contributed by atoms with Gasteiger partial charge in [0, 0.05) is 6.54 Å². The molecule has 0 unspecified atom stereocenters. The zero-order chi connectivity index (χ0) is 16.7. The number of allylic oxidation sites excluding steroid dienone is 1. The molecule has 0 saturated carbocycles. The maximum atomic E-state index is 11.8. The van der Waals surface area contributed by atoms with E-state index in [1.807, 2.05) is 0 Å². The van der Waals surface area contributed by atoms with E-state index in [1.54, 1.807) is 0 Å². The lowest BCUT2D eigenvalue weighted by molar-refractivity contribution is -0.124. The largest absolute Gasteiger partial charge is 0.452 e. The van der Waals surface area contributed by atoms with Gasteiger partial charge in [0.05, 0.1) is 15.6 Å². The normalized spacial score (nSPS) is 14.1. The highest BCUT2D eigenvalue weighted by Crippen LogP contribution is 2.23. The number of carbonyl (C=O) groups excluding carboxylic acids is 2. The van der Waals surface area contributed by atoms with Gasteiger partial charge in [0.15, 0.2) is 6.61 Å². The molecule has 1 amide bonds. The molecule has 0 heterocycles. The minimum atomic E-state index is -0.603. The fourth-order valence-electron chi connectivity index (χ4n) is 2.38. The van der Waals surface area contributed by atoms with Gasteiger partial charge < -0.3 is 10.1 Å². The predicted octanol–water partition coefficient (Wildman–Crippen LogP) is 4.16. The lowest BCUT2D eigenvalue weighted by atomic mass is 9.97. The molecule has 23 heavy (non-hydrogen) atoms. The van der Waals surface area contributed by atoms with Crippen LogP contribution in [-0.2, 0) is 9.53 Å². The Hall–Kier alpha value is -1.52. The number of amides is 1. The van der Waals surface area contributed by atoms with Gasteiger partial charge in [-0.3, -0.25) is 4.79 Å². The van der Waals surface area contributed by atoms with Crippen molar-refractivity contribution in [2.75, 3.05) is 13.2 Å². The Morgan fingerprint density at radius 2 is 2.00 bits per heavy atom. The number of carbonyl (C=O) groups is 2. The van der Waals surface area contributed by atoms with Gasteiger partial charge in [-0.2, -0.15) is 0 Å². The number of hydrogen-bond acceptors (Lipinski definition) is 3. The SMILES string of the molecule is O=C(COC(=O)c1ccc(Cl)c(Cl)c1)NCCC1=CCCCC1. The summed E-state index contributed by atoms with van der Waals surface area (Å²) in [5.74, 6) is -0.913. The molecule has 0 spiro atoms. The summed E-state index contributed by atoms with van der Waals surface area (Å²) in [7, 11) is 0. The number of halogens is 2. The van der Waals surface area contributed by atoms with Crippen LogP contribution in [0.25, 0.3) is 0 Å². The van der Waals surface area contributed by atoms with Crippen LogP contribution >= 0.6 is 23.2 Å². The molecule has 0 aromatic heterocycles. The van der Waals surface area contributed by atoms with Crippen LogP contribution in [0.15, 0.2) is 29.8 Å². The van der Waals surface area contributed by atoms with Gasteiger partial charge in [-0.25, -0.2) is 4.79 Å². The summed E-state index contributed by atoms with van der Waals surface area (Å²) in [4.78, 5) is 23.5. The summed E-state index contributed by atoms with van der Waals surface area (Å²) >= 11 is 11.6. The molecular weight excluding hydrogens is 337 g/mol. The summed E-state index contributed by atoms with van der Waals surface area (Å²) in [5, 5.41) is 3.38. The van der Waals surface area contributed by atoms with Crippen LogP contribution in [0.5, 0.6) is 0 Å². The van der Waals surface area contributed by atoms with Crippen LogP contribution in [0.2, 0.25) is 10.0 Å². The fourth-order valence-corrected chi connectivity index (χ4v) is 2.68. The van der Waals surface area contributed by atoms with E-state index in [9.17, 15) is 9.59 Å². The molecule has 1 aliphatic carbocycles. The zero-order valence-corrected chi connectivity index (χ0v) is 14.3. The van der Waals surface area contributed by atoms with E-state index in [4.69, 9.17) is 27.9 Å². The Balaban J connectivity index is 1.70. The maximum Gasteiger partial charge on any atom is 0.338 e. The first kappa shape index (κ1) is 17.8. The van der Waals surface area contributed by atoms with E-state index >= 15 is 0 Å². The molecular formula is C17H19Cl2NO3. The third-order valence-electron chi connectivity index (χ3n) is 3.64. The monoisotopic (exact) mass is 355 g/mol. The van der Waals surface area contributed by atoms with Crippen molar-refractivity contribution >= 4 is 35.1 Å². The van der Waals surface area contributed by atoms with Crippen LogP contribution in [0.3, 0.4) is 0 Å². The standard InChI is InChI=1S/C17H19Cl2NO3/c18-14-7-6-13(10-15(14)19)17(22)23-11-16(21)20-9-8-12-4-2-1-3-5-12/h4,6-7,10H,1-3,5,8-9,11H2,(H,20,21). The maximum absolute atomic E-state index is 11.8. The first-order chi connectivity index (χ1) is 11.1. The molecule has 1 N–H and O–H groups in total. The fraction of sp³-hybridized carbons (Fsp3) is 0.412. The topological polar surface area (TPSA) is 55.4 Å². The van der Waals surface area contributed by atoms with Crippen molar-refractivity contribution < 1.29 is 14.3 Å². The highest BCUT2D eigenvalue weighted by atomic mass is 35.5. The van der Waals surface area contributed by atoms with Gasteiger partial charge in [0.2, 0.25) is 0 Å². The van der Waals surface area contributed by atoms with Gasteiger partial charge in [-0.15, -0.1) is 0 Å². The third-order valence-corrected chi connectivity index (χ3v) is 4.38. The molecule has 1 aromatic carbocycles. The van der Waals surface area contributed by atoms with Crippen molar-refractivity contribution in [1.29, 1.82) is 0 Å². The zero-order valence-electron chi connectivity index (χ0n) is 12.7. The van der Waals surface area contributed by atoms with Crippen molar-refractivity contribution in [3.63, 3.8) is 0 Å². The molecule has 1 aromatic rings. The Bertz CT molecular complexity index is 614. The van der Waals surface area contributed by atoms with Gasteiger partial charge in [0.1, 0.15) is 0 Å². The summed E-state index contributed by atoms with van der Waals surface area (Å²) < 4.78 is 4.96. The molecule has 0 radical (unpaired) electrons.